The van der Waals surface area contributed by atoms with Crippen molar-refractivity contribution in [1.82, 2.24) is 4.90 Å². The van der Waals surface area contributed by atoms with Gasteiger partial charge >= 0.3 is 0 Å². The van der Waals surface area contributed by atoms with Crippen molar-refractivity contribution in [3.05, 3.63) is 29.8 Å². The van der Waals surface area contributed by atoms with Gasteiger partial charge in [-0.25, -0.2) is 8.78 Å². The van der Waals surface area contributed by atoms with Gasteiger partial charge < -0.3 is 9.64 Å². The van der Waals surface area contributed by atoms with Gasteiger partial charge in [-0.1, -0.05) is 0 Å². The number of hydrogen-bond acceptors (Lipinski definition) is 3. The van der Waals surface area contributed by atoms with Crippen LogP contribution in [-0.4, -0.2) is 42.4 Å². The molecule has 0 unspecified atom stereocenters. The van der Waals surface area contributed by atoms with Gasteiger partial charge in [0.25, 0.3) is 0 Å². The monoisotopic (exact) mass is 287 g/mol. The van der Waals surface area contributed by atoms with Gasteiger partial charge in [0.1, 0.15) is 11.6 Å². The molecule has 1 heterocycles. The number of hydrogen-bond donors (Lipinski definition) is 0. The van der Waals surface area contributed by atoms with E-state index < -0.39 is 11.6 Å². The molecule has 1 atom stereocenters. The normalized spacial score (nSPS) is 19.5. The number of ether oxygens (including phenoxy) is 1. The largest absolute Gasteiger partial charge is 0.375 e. The molecule has 0 spiro atoms. The lowest BCUT2D eigenvalue weighted by atomic mass is 10.3. The number of amides is 1. The van der Waals surface area contributed by atoms with Crippen LogP contribution in [0.5, 0.6) is 0 Å². The highest BCUT2D eigenvalue weighted by Crippen LogP contribution is 2.23. The SMILES string of the molecule is C[C@H]1CN(C(=O)CSc2ccc(F)cc2F)CCO1. The van der Waals surface area contributed by atoms with Gasteiger partial charge in [-0.2, -0.15) is 0 Å². The number of benzene rings is 1. The minimum absolute atomic E-state index is 0.0326. The zero-order chi connectivity index (χ0) is 13.8. The summed E-state index contributed by atoms with van der Waals surface area (Å²) in [6.45, 7) is 3.57. The molecule has 1 amide bonds. The molecule has 0 N–H and O–H groups in total. The molecule has 0 aliphatic carbocycles. The minimum Gasteiger partial charge on any atom is -0.375 e. The van der Waals surface area contributed by atoms with Crippen molar-refractivity contribution >= 4 is 17.7 Å². The van der Waals surface area contributed by atoms with E-state index >= 15 is 0 Å². The summed E-state index contributed by atoms with van der Waals surface area (Å²) in [6.07, 6.45) is 0.0326. The van der Waals surface area contributed by atoms with Crippen molar-refractivity contribution in [2.75, 3.05) is 25.4 Å². The van der Waals surface area contributed by atoms with Crippen LogP contribution in [0.25, 0.3) is 0 Å². The van der Waals surface area contributed by atoms with Crippen LogP contribution in [0, 0.1) is 11.6 Å². The van der Waals surface area contributed by atoms with Crippen molar-refractivity contribution in [2.24, 2.45) is 0 Å². The van der Waals surface area contributed by atoms with Gasteiger partial charge in [-0.3, -0.25) is 4.79 Å². The molecular weight excluding hydrogens is 272 g/mol. The van der Waals surface area contributed by atoms with Crippen LogP contribution in [-0.2, 0) is 9.53 Å². The van der Waals surface area contributed by atoms with Gasteiger partial charge in [0.15, 0.2) is 0 Å². The second kappa shape index (κ2) is 6.34. The second-order valence-corrected chi connectivity index (χ2v) is 5.40. The molecule has 1 aromatic carbocycles. The molecule has 1 aliphatic heterocycles. The Morgan fingerprint density at radius 3 is 3.00 bits per heavy atom. The van der Waals surface area contributed by atoms with E-state index in [1.54, 1.807) is 4.90 Å². The van der Waals surface area contributed by atoms with Crippen LogP contribution in [0.3, 0.4) is 0 Å². The third kappa shape index (κ3) is 3.91. The predicted octanol–water partition coefficient (Wildman–Crippen LogP) is 2.30. The lowest BCUT2D eigenvalue weighted by Gasteiger charge is -2.31. The molecular formula is C13H15F2NO2S. The Morgan fingerprint density at radius 1 is 1.53 bits per heavy atom. The molecule has 1 aliphatic rings. The fraction of sp³-hybridized carbons (Fsp3) is 0.462. The van der Waals surface area contributed by atoms with E-state index in [-0.39, 0.29) is 22.7 Å². The summed E-state index contributed by atoms with van der Waals surface area (Å²) < 4.78 is 31.5. The van der Waals surface area contributed by atoms with Gasteiger partial charge in [0.05, 0.1) is 18.5 Å². The van der Waals surface area contributed by atoms with Crippen LogP contribution >= 0.6 is 11.8 Å². The maximum absolute atomic E-state index is 13.4. The second-order valence-electron chi connectivity index (χ2n) is 4.38. The highest BCUT2D eigenvalue weighted by molar-refractivity contribution is 8.00. The first-order valence-electron chi connectivity index (χ1n) is 6.03. The number of carbonyl (C=O) groups is 1. The molecule has 1 aromatic rings. The Bertz CT molecular complexity index is 470. The van der Waals surface area contributed by atoms with E-state index in [1.165, 1.54) is 12.1 Å². The molecule has 104 valence electrons. The minimum atomic E-state index is -0.631. The van der Waals surface area contributed by atoms with E-state index in [0.717, 1.165) is 17.8 Å². The summed E-state index contributed by atoms with van der Waals surface area (Å²) in [5.74, 6) is -1.15. The third-order valence-corrected chi connectivity index (χ3v) is 3.87. The average Bonchev–Trinajstić information content (AvgIpc) is 2.37. The van der Waals surface area contributed by atoms with Crippen LogP contribution in [0.15, 0.2) is 23.1 Å². The van der Waals surface area contributed by atoms with Crippen molar-refractivity contribution < 1.29 is 18.3 Å². The van der Waals surface area contributed by atoms with Gasteiger partial charge in [0.2, 0.25) is 5.91 Å². The Morgan fingerprint density at radius 2 is 2.32 bits per heavy atom. The maximum Gasteiger partial charge on any atom is 0.233 e. The smallest absolute Gasteiger partial charge is 0.233 e. The highest BCUT2D eigenvalue weighted by Gasteiger charge is 2.21. The Kier molecular flexibility index (Phi) is 4.76. The maximum atomic E-state index is 13.4. The summed E-state index contributed by atoms with van der Waals surface area (Å²) in [6, 6.07) is 3.36. The van der Waals surface area contributed by atoms with Crippen molar-refractivity contribution in [3.63, 3.8) is 0 Å². The van der Waals surface area contributed by atoms with Crippen LogP contribution in [0.2, 0.25) is 0 Å². The van der Waals surface area contributed by atoms with Crippen LogP contribution < -0.4 is 0 Å². The first kappa shape index (κ1) is 14.3. The molecule has 1 fully saturated rings. The zero-order valence-corrected chi connectivity index (χ0v) is 11.4. The molecule has 2 rings (SSSR count). The Labute approximate surface area is 114 Å². The summed E-state index contributed by atoms with van der Waals surface area (Å²) in [4.78, 5) is 13.9. The van der Waals surface area contributed by atoms with Crippen LogP contribution in [0.4, 0.5) is 8.78 Å². The quantitative estimate of drug-likeness (QED) is 0.799. The van der Waals surface area contributed by atoms with E-state index in [0.29, 0.717) is 19.7 Å². The Balaban J connectivity index is 1.89. The summed E-state index contributed by atoms with van der Waals surface area (Å²) in [5, 5.41) is 0. The summed E-state index contributed by atoms with van der Waals surface area (Å²) >= 11 is 1.09. The molecule has 0 bridgehead atoms. The average molecular weight is 287 g/mol. The Hall–Kier alpha value is -1.14. The molecule has 1 saturated heterocycles. The van der Waals surface area contributed by atoms with E-state index in [4.69, 9.17) is 4.74 Å². The first-order chi connectivity index (χ1) is 9.06. The number of nitrogens with zero attached hydrogens (tertiary/aromatic N) is 1. The van der Waals surface area contributed by atoms with Crippen molar-refractivity contribution in [2.45, 2.75) is 17.9 Å². The van der Waals surface area contributed by atoms with Crippen LogP contribution in [0.1, 0.15) is 6.92 Å². The standard InChI is InChI=1S/C13H15F2NO2S/c1-9-7-16(4-5-18-9)13(17)8-19-12-3-2-10(14)6-11(12)15/h2-3,6,9H,4-5,7-8H2,1H3/t9-/m0/s1. The lowest BCUT2D eigenvalue weighted by molar-refractivity contribution is -0.135. The van der Waals surface area contributed by atoms with Crippen molar-refractivity contribution in [3.8, 4) is 0 Å². The number of carbonyl (C=O) groups excluding carboxylic acids is 1. The van der Waals surface area contributed by atoms with Crippen molar-refractivity contribution in [1.29, 1.82) is 0 Å². The molecule has 0 aromatic heterocycles. The third-order valence-electron chi connectivity index (χ3n) is 2.84. The molecule has 19 heavy (non-hydrogen) atoms. The molecule has 3 nitrogen and oxygen atoms in total. The predicted molar refractivity (Wildman–Crippen MR) is 69.1 cm³/mol. The molecule has 6 heteroatoms. The van der Waals surface area contributed by atoms with E-state index in [1.807, 2.05) is 6.92 Å². The molecule has 0 radical (unpaired) electrons. The fourth-order valence-electron chi connectivity index (χ4n) is 1.87. The summed E-state index contributed by atoms with van der Waals surface area (Å²) in [5.41, 5.74) is 0. The zero-order valence-electron chi connectivity index (χ0n) is 10.6. The fourth-order valence-corrected chi connectivity index (χ4v) is 2.69. The number of morpholine rings is 1. The van der Waals surface area contributed by atoms with Gasteiger partial charge in [0, 0.05) is 24.1 Å². The number of thioether (sulfide) groups is 1. The van der Waals surface area contributed by atoms with Gasteiger partial charge in [-0.15, -0.1) is 11.8 Å². The number of rotatable bonds is 3. The summed E-state index contributed by atoms with van der Waals surface area (Å²) in [7, 11) is 0. The highest BCUT2D eigenvalue weighted by atomic mass is 32.2. The molecule has 0 saturated carbocycles. The first-order valence-corrected chi connectivity index (χ1v) is 7.02. The number of halogens is 2. The topological polar surface area (TPSA) is 29.5 Å². The van der Waals surface area contributed by atoms with E-state index in [9.17, 15) is 13.6 Å². The van der Waals surface area contributed by atoms with Gasteiger partial charge in [-0.05, 0) is 19.1 Å². The lowest BCUT2D eigenvalue weighted by Crippen LogP contribution is -2.45. The van der Waals surface area contributed by atoms with E-state index in [2.05, 4.69) is 0 Å².